The van der Waals surface area contributed by atoms with Crippen molar-refractivity contribution in [1.29, 1.82) is 0 Å². The minimum absolute atomic E-state index is 0.0851. The second-order valence-electron chi connectivity index (χ2n) is 3.70. The van der Waals surface area contributed by atoms with E-state index in [-0.39, 0.29) is 17.7 Å². The van der Waals surface area contributed by atoms with E-state index in [9.17, 15) is 4.79 Å². The van der Waals surface area contributed by atoms with Gasteiger partial charge in [-0.15, -0.1) is 0 Å². The average molecular weight is 183 g/mol. The number of likely N-dealkylation sites (tertiary alicyclic amines) is 1. The van der Waals surface area contributed by atoms with E-state index in [4.69, 9.17) is 10.9 Å². The van der Waals surface area contributed by atoms with E-state index in [1.54, 1.807) is 0 Å². The number of hydrogen-bond acceptors (Lipinski definition) is 3. The molecule has 1 saturated heterocycles. The van der Waals surface area contributed by atoms with Crippen molar-refractivity contribution in [1.82, 2.24) is 4.90 Å². The Balaban J connectivity index is 2.01. The van der Waals surface area contributed by atoms with Crippen LogP contribution in [0.15, 0.2) is 5.16 Å². The van der Waals surface area contributed by atoms with Gasteiger partial charge in [-0.05, 0) is 12.8 Å². The summed E-state index contributed by atoms with van der Waals surface area (Å²) in [6.07, 6.45) is 2.61. The number of amidine groups is 1. The van der Waals surface area contributed by atoms with Gasteiger partial charge in [0, 0.05) is 24.9 Å². The SMILES string of the molecule is N/C(=N\O)C1CC(=O)N(C2CC2)C1. The molecule has 0 aromatic heterocycles. The molecule has 0 spiro atoms. The Morgan fingerprint density at radius 2 is 2.31 bits per heavy atom. The van der Waals surface area contributed by atoms with Crippen molar-refractivity contribution in [3.63, 3.8) is 0 Å². The third-order valence-corrected chi connectivity index (χ3v) is 2.68. The number of nitrogens with zero attached hydrogens (tertiary/aromatic N) is 2. The third-order valence-electron chi connectivity index (χ3n) is 2.68. The van der Waals surface area contributed by atoms with Crippen LogP contribution in [0, 0.1) is 5.92 Å². The van der Waals surface area contributed by atoms with Crippen LogP contribution in [0.1, 0.15) is 19.3 Å². The summed E-state index contributed by atoms with van der Waals surface area (Å²) in [6, 6.07) is 0.434. The van der Waals surface area contributed by atoms with Crippen LogP contribution in [0.2, 0.25) is 0 Å². The standard InChI is InChI=1S/C8H13N3O2/c9-8(10-13)5-3-7(12)11(4-5)6-1-2-6/h5-6,13H,1-4H2,(H2,9,10). The van der Waals surface area contributed by atoms with E-state index in [1.807, 2.05) is 4.90 Å². The topological polar surface area (TPSA) is 78.9 Å². The van der Waals surface area contributed by atoms with E-state index in [1.165, 1.54) is 0 Å². The zero-order chi connectivity index (χ0) is 9.42. The summed E-state index contributed by atoms with van der Waals surface area (Å²) in [5, 5.41) is 11.4. The van der Waals surface area contributed by atoms with E-state index in [0.29, 0.717) is 19.0 Å². The first kappa shape index (κ1) is 8.34. The van der Waals surface area contributed by atoms with Gasteiger partial charge in [0.25, 0.3) is 0 Å². The Morgan fingerprint density at radius 3 is 2.85 bits per heavy atom. The van der Waals surface area contributed by atoms with E-state index in [2.05, 4.69) is 5.16 Å². The predicted octanol–water partition coefficient (Wildman–Crippen LogP) is -0.256. The molecule has 2 aliphatic rings. The molecule has 5 nitrogen and oxygen atoms in total. The first-order chi connectivity index (χ1) is 6.22. The fourth-order valence-electron chi connectivity index (χ4n) is 1.75. The maximum atomic E-state index is 11.4. The van der Waals surface area contributed by atoms with Gasteiger partial charge in [-0.25, -0.2) is 0 Å². The van der Waals surface area contributed by atoms with Crippen molar-refractivity contribution in [3.05, 3.63) is 0 Å². The number of hydrogen-bond donors (Lipinski definition) is 2. The molecular weight excluding hydrogens is 170 g/mol. The molecule has 1 aliphatic heterocycles. The molecule has 13 heavy (non-hydrogen) atoms. The quantitative estimate of drug-likeness (QED) is 0.268. The third kappa shape index (κ3) is 1.46. The summed E-state index contributed by atoms with van der Waals surface area (Å²) in [5.74, 6) is 0.230. The summed E-state index contributed by atoms with van der Waals surface area (Å²) < 4.78 is 0. The van der Waals surface area contributed by atoms with Crippen LogP contribution >= 0.6 is 0 Å². The second-order valence-corrected chi connectivity index (χ2v) is 3.70. The maximum absolute atomic E-state index is 11.4. The number of nitrogens with two attached hydrogens (primary N) is 1. The highest BCUT2D eigenvalue weighted by atomic mass is 16.4. The number of carbonyl (C=O) groups excluding carboxylic acids is 1. The van der Waals surface area contributed by atoms with Crippen LogP contribution in [0.4, 0.5) is 0 Å². The summed E-state index contributed by atoms with van der Waals surface area (Å²) in [6.45, 7) is 0.624. The maximum Gasteiger partial charge on any atom is 0.223 e. The second kappa shape index (κ2) is 2.90. The predicted molar refractivity (Wildman–Crippen MR) is 46.3 cm³/mol. The van der Waals surface area contributed by atoms with Gasteiger partial charge in [-0.1, -0.05) is 5.16 Å². The molecule has 0 aromatic rings. The zero-order valence-corrected chi connectivity index (χ0v) is 7.31. The monoisotopic (exact) mass is 183 g/mol. The Hall–Kier alpha value is -1.26. The van der Waals surface area contributed by atoms with Gasteiger partial charge >= 0.3 is 0 Å². The molecular formula is C8H13N3O2. The molecule has 0 bridgehead atoms. The lowest BCUT2D eigenvalue weighted by atomic mass is 10.1. The molecule has 1 saturated carbocycles. The van der Waals surface area contributed by atoms with Crippen LogP contribution in [-0.4, -0.2) is 34.4 Å². The van der Waals surface area contributed by atoms with Crippen molar-refractivity contribution in [2.75, 3.05) is 6.54 Å². The number of rotatable bonds is 2. The Morgan fingerprint density at radius 1 is 1.62 bits per heavy atom. The highest BCUT2D eigenvalue weighted by Crippen LogP contribution is 2.32. The number of oxime groups is 1. The Bertz CT molecular complexity index is 260. The molecule has 2 rings (SSSR count). The van der Waals surface area contributed by atoms with Crippen molar-refractivity contribution in [2.45, 2.75) is 25.3 Å². The molecule has 1 atom stereocenters. The molecule has 0 aromatic carbocycles. The first-order valence-corrected chi connectivity index (χ1v) is 4.49. The Labute approximate surface area is 76.2 Å². The van der Waals surface area contributed by atoms with Gasteiger partial charge in [0.15, 0.2) is 0 Å². The van der Waals surface area contributed by atoms with Crippen LogP contribution in [0.3, 0.4) is 0 Å². The molecule has 2 fully saturated rings. The van der Waals surface area contributed by atoms with Crippen molar-refractivity contribution in [3.8, 4) is 0 Å². The van der Waals surface area contributed by atoms with E-state index < -0.39 is 0 Å². The fraction of sp³-hybridized carbons (Fsp3) is 0.750. The van der Waals surface area contributed by atoms with Crippen LogP contribution in [0.5, 0.6) is 0 Å². The van der Waals surface area contributed by atoms with Crippen LogP contribution in [-0.2, 0) is 4.79 Å². The Kier molecular flexibility index (Phi) is 1.86. The minimum Gasteiger partial charge on any atom is -0.409 e. The first-order valence-electron chi connectivity index (χ1n) is 4.49. The van der Waals surface area contributed by atoms with Gasteiger partial charge in [0.2, 0.25) is 5.91 Å². The van der Waals surface area contributed by atoms with E-state index >= 15 is 0 Å². The highest BCUT2D eigenvalue weighted by molar-refractivity contribution is 5.91. The molecule has 5 heteroatoms. The van der Waals surface area contributed by atoms with Crippen LogP contribution < -0.4 is 5.73 Å². The molecule has 0 radical (unpaired) electrons. The highest BCUT2D eigenvalue weighted by Gasteiger charge is 2.40. The molecule has 1 heterocycles. The van der Waals surface area contributed by atoms with Crippen molar-refractivity contribution >= 4 is 11.7 Å². The van der Waals surface area contributed by atoms with E-state index in [0.717, 1.165) is 12.8 Å². The summed E-state index contributed by atoms with van der Waals surface area (Å²) >= 11 is 0. The largest absolute Gasteiger partial charge is 0.409 e. The summed E-state index contributed by atoms with van der Waals surface area (Å²) in [4.78, 5) is 13.3. The number of amides is 1. The molecule has 1 unspecified atom stereocenters. The molecule has 1 amide bonds. The van der Waals surface area contributed by atoms with Gasteiger partial charge in [0.05, 0.1) is 0 Å². The lowest BCUT2D eigenvalue weighted by Crippen LogP contribution is -2.30. The van der Waals surface area contributed by atoms with Gasteiger partial charge in [0.1, 0.15) is 5.84 Å². The average Bonchev–Trinajstić information content (AvgIpc) is 2.89. The van der Waals surface area contributed by atoms with Gasteiger partial charge in [-0.2, -0.15) is 0 Å². The minimum atomic E-state index is -0.0851. The van der Waals surface area contributed by atoms with Crippen LogP contribution in [0.25, 0.3) is 0 Å². The fourth-order valence-corrected chi connectivity index (χ4v) is 1.75. The summed E-state index contributed by atoms with van der Waals surface area (Å²) in [5.41, 5.74) is 5.44. The zero-order valence-electron chi connectivity index (χ0n) is 7.31. The molecule has 3 N–H and O–H groups in total. The molecule has 1 aliphatic carbocycles. The van der Waals surface area contributed by atoms with Crippen molar-refractivity contribution in [2.24, 2.45) is 16.8 Å². The lowest BCUT2D eigenvalue weighted by Gasteiger charge is -2.14. The van der Waals surface area contributed by atoms with Gasteiger partial charge < -0.3 is 15.8 Å². The lowest BCUT2D eigenvalue weighted by molar-refractivity contribution is -0.128. The smallest absolute Gasteiger partial charge is 0.223 e. The van der Waals surface area contributed by atoms with Crippen molar-refractivity contribution < 1.29 is 10.0 Å². The summed E-state index contributed by atoms with van der Waals surface area (Å²) in [7, 11) is 0. The number of carbonyl (C=O) groups is 1. The molecule has 72 valence electrons. The van der Waals surface area contributed by atoms with Gasteiger partial charge in [-0.3, -0.25) is 4.79 Å². The normalized spacial score (nSPS) is 29.8.